The van der Waals surface area contributed by atoms with E-state index in [1.165, 1.54) is 43.4 Å². The van der Waals surface area contributed by atoms with Gasteiger partial charge in [0.05, 0.1) is 17.8 Å². The molecule has 12 heteroatoms. The normalized spacial score (nSPS) is 11.6. The minimum absolute atomic E-state index is 0.0212. The Labute approximate surface area is 172 Å². The van der Waals surface area contributed by atoms with Crippen molar-refractivity contribution in [1.29, 1.82) is 0 Å². The van der Waals surface area contributed by atoms with Crippen LogP contribution in [-0.2, 0) is 14.9 Å². The van der Waals surface area contributed by atoms with E-state index in [2.05, 4.69) is 20.8 Å². The van der Waals surface area contributed by atoms with Crippen LogP contribution in [0.3, 0.4) is 0 Å². The Balaban J connectivity index is 1.87. The van der Waals surface area contributed by atoms with Crippen LogP contribution < -0.4 is 5.32 Å². The summed E-state index contributed by atoms with van der Waals surface area (Å²) in [6, 6.07) is 9.18. The van der Waals surface area contributed by atoms with Gasteiger partial charge in [-0.25, -0.2) is 13.1 Å². The number of hydrogen-bond acceptors (Lipinski definition) is 7. The molecule has 0 spiro atoms. The fraction of sp³-hybridized carbons (Fsp3) is 0.176. The lowest BCUT2D eigenvalue weighted by atomic mass is 10.1. The fourth-order valence-electron chi connectivity index (χ4n) is 2.54. The highest BCUT2D eigenvalue weighted by Gasteiger charge is 2.25. The first kappa shape index (κ1) is 20.9. The van der Waals surface area contributed by atoms with Gasteiger partial charge in [-0.2, -0.15) is 0 Å². The highest BCUT2D eigenvalue weighted by atomic mass is 35.5. The maximum Gasteiger partial charge on any atom is 0.266 e. The van der Waals surface area contributed by atoms with Crippen molar-refractivity contribution in [1.82, 2.24) is 24.7 Å². The van der Waals surface area contributed by atoms with Crippen LogP contribution in [0.25, 0.3) is 5.69 Å². The van der Waals surface area contributed by atoms with Crippen LogP contribution in [-0.4, -0.2) is 53.2 Å². The van der Waals surface area contributed by atoms with Gasteiger partial charge in [0, 0.05) is 18.3 Å². The smallest absolute Gasteiger partial charge is 0.266 e. The molecule has 2 aromatic carbocycles. The maximum absolute atomic E-state index is 12.6. The number of nitrogens with one attached hydrogen (secondary N) is 1. The quantitative estimate of drug-likeness (QED) is 0.587. The molecule has 3 rings (SSSR count). The van der Waals surface area contributed by atoms with Crippen molar-refractivity contribution in [3.8, 4) is 5.69 Å². The van der Waals surface area contributed by atoms with Crippen molar-refractivity contribution in [3.63, 3.8) is 0 Å². The lowest BCUT2D eigenvalue weighted by molar-refractivity contribution is -0.0258. The topological polar surface area (TPSA) is 119 Å². The second-order valence-corrected chi connectivity index (χ2v) is 8.26. The predicted octanol–water partition coefficient (Wildman–Crippen LogP) is 2.06. The summed E-state index contributed by atoms with van der Waals surface area (Å²) in [5, 5.41) is 13.7. The molecule has 0 saturated carbocycles. The van der Waals surface area contributed by atoms with Gasteiger partial charge in [-0.05, 0) is 59.3 Å². The molecule has 0 aliphatic heterocycles. The molecular formula is C17H17ClN6O4S. The standard InChI is InChI=1S/C17H17ClN6O4S/c1-11-8-13(5-7-15(11)24-10-19-21-22-24)20-17(25)12-4-6-14(18)16(9-12)29(26,27)23(2)28-3/h4-10H,1-3H3,(H,20,25). The number of carbonyl (C=O) groups is 1. The Kier molecular flexibility index (Phi) is 5.94. The molecule has 10 nitrogen and oxygen atoms in total. The van der Waals surface area contributed by atoms with Crippen LogP contribution in [0.2, 0.25) is 5.02 Å². The number of carbonyl (C=O) groups excluding carboxylic acids is 1. The van der Waals surface area contributed by atoms with E-state index in [1.54, 1.807) is 18.2 Å². The molecule has 0 bridgehead atoms. The number of hydroxylamine groups is 1. The third-order valence-corrected chi connectivity index (χ3v) is 6.28. The Morgan fingerprint density at radius 3 is 2.62 bits per heavy atom. The third kappa shape index (κ3) is 4.27. The number of rotatable bonds is 6. The number of nitrogens with zero attached hydrogens (tertiary/aromatic N) is 5. The van der Waals surface area contributed by atoms with Gasteiger partial charge in [0.15, 0.2) is 0 Å². The first-order valence-electron chi connectivity index (χ1n) is 8.22. The summed E-state index contributed by atoms with van der Waals surface area (Å²) in [6.07, 6.45) is 1.47. The molecule has 1 aromatic heterocycles. The first-order chi connectivity index (χ1) is 13.7. The zero-order chi connectivity index (χ0) is 21.2. The van der Waals surface area contributed by atoms with Crippen molar-refractivity contribution in [2.75, 3.05) is 19.5 Å². The van der Waals surface area contributed by atoms with E-state index in [-0.39, 0.29) is 15.5 Å². The molecular weight excluding hydrogens is 420 g/mol. The molecule has 0 fully saturated rings. The first-order valence-corrected chi connectivity index (χ1v) is 10.0. The Bertz CT molecular complexity index is 1150. The molecule has 1 amide bonds. The fourth-order valence-corrected chi connectivity index (χ4v) is 4.02. The molecule has 152 valence electrons. The highest BCUT2D eigenvalue weighted by molar-refractivity contribution is 7.89. The number of anilines is 1. The highest BCUT2D eigenvalue weighted by Crippen LogP contribution is 2.26. The molecule has 0 unspecified atom stereocenters. The van der Waals surface area contributed by atoms with Crippen LogP contribution in [0.1, 0.15) is 15.9 Å². The van der Waals surface area contributed by atoms with Crippen molar-refractivity contribution in [2.24, 2.45) is 0 Å². The second kappa shape index (κ2) is 8.25. The van der Waals surface area contributed by atoms with E-state index in [9.17, 15) is 13.2 Å². The zero-order valence-electron chi connectivity index (χ0n) is 15.7. The molecule has 0 saturated heterocycles. The van der Waals surface area contributed by atoms with E-state index in [0.29, 0.717) is 10.2 Å². The van der Waals surface area contributed by atoms with E-state index in [4.69, 9.17) is 16.4 Å². The lowest BCUT2D eigenvalue weighted by Crippen LogP contribution is -2.26. The van der Waals surface area contributed by atoms with Gasteiger partial charge >= 0.3 is 0 Å². The van der Waals surface area contributed by atoms with Crippen LogP contribution in [0.5, 0.6) is 0 Å². The second-order valence-electron chi connectivity index (χ2n) is 5.95. The van der Waals surface area contributed by atoms with Crippen LogP contribution >= 0.6 is 11.6 Å². The lowest BCUT2D eigenvalue weighted by Gasteiger charge is -2.16. The average Bonchev–Trinajstić information content (AvgIpc) is 3.22. The van der Waals surface area contributed by atoms with Crippen LogP contribution in [0.15, 0.2) is 47.6 Å². The summed E-state index contributed by atoms with van der Waals surface area (Å²) in [5.74, 6) is -0.493. The van der Waals surface area contributed by atoms with Gasteiger partial charge in [-0.3, -0.25) is 9.63 Å². The van der Waals surface area contributed by atoms with E-state index >= 15 is 0 Å². The number of tetrazole rings is 1. The molecule has 0 aliphatic carbocycles. The van der Waals surface area contributed by atoms with Crippen molar-refractivity contribution in [3.05, 3.63) is 58.9 Å². The molecule has 29 heavy (non-hydrogen) atoms. The van der Waals surface area contributed by atoms with Crippen molar-refractivity contribution in [2.45, 2.75) is 11.8 Å². The van der Waals surface area contributed by atoms with Crippen molar-refractivity contribution < 1.29 is 18.0 Å². The summed E-state index contributed by atoms with van der Waals surface area (Å²) in [7, 11) is -1.57. The average molecular weight is 437 g/mol. The summed E-state index contributed by atoms with van der Waals surface area (Å²) in [6.45, 7) is 1.85. The van der Waals surface area contributed by atoms with Crippen LogP contribution in [0.4, 0.5) is 5.69 Å². The van der Waals surface area contributed by atoms with Gasteiger partial charge in [0.1, 0.15) is 11.2 Å². The Morgan fingerprint density at radius 2 is 2.00 bits per heavy atom. The number of aromatic nitrogens is 4. The van der Waals surface area contributed by atoms with Gasteiger partial charge in [0.25, 0.3) is 15.9 Å². The molecule has 0 atom stereocenters. The van der Waals surface area contributed by atoms with Gasteiger partial charge in [0.2, 0.25) is 0 Å². The number of amides is 1. The van der Waals surface area contributed by atoms with Gasteiger partial charge in [-0.1, -0.05) is 16.1 Å². The monoisotopic (exact) mass is 436 g/mol. The largest absolute Gasteiger partial charge is 0.322 e. The number of benzene rings is 2. The summed E-state index contributed by atoms with van der Waals surface area (Å²) < 4.78 is 27.1. The number of aryl methyl sites for hydroxylation is 1. The SMILES string of the molecule is CON(C)S(=O)(=O)c1cc(C(=O)Nc2ccc(-n3cnnn3)c(C)c2)ccc1Cl. The minimum Gasteiger partial charge on any atom is -0.322 e. The van der Waals surface area contributed by atoms with Crippen LogP contribution in [0, 0.1) is 6.92 Å². The maximum atomic E-state index is 12.6. The summed E-state index contributed by atoms with van der Waals surface area (Å²) in [5.41, 5.74) is 2.24. The molecule has 0 aliphatic rings. The Hall–Kier alpha value is -2.86. The van der Waals surface area contributed by atoms with E-state index in [0.717, 1.165) is 11.3 Å². The van der Waals surface area contributed by atoms with Crippen molar-refractivity contribution >= 4 is 33.2 Å². The number of hydrogen-bond donors (Lipinski definition) is 1. The van der Waals surface area contributed by atoms with E-state index in [1.807, 2.05) is 6.92 Å². The molecule has 1 N–H and O–H groups in total. The molecule has 0 radical (unpaired) electrons. The summed E-state index contributed by atoms with van der Waals surface area (Å²) >= 11 is 6.02. The van der Waals surface area contributed by atoms with E-state index < -0.39 is 15.9 Å². The summed E-state index contributed by atoms with van der Waals surface area (Å²) in [4.78, 5) is 17.1. The third-order valence-electron chi connectivity index (χ3n) is 4.12. The Morgan fingerprint density at radius 1 is 1.24 bits per heavy atom. The van der Waals surface area contributed by atoms with Gasteiger partial charge < -0.3 is 5.32 Å². The molecule has 3 aromatic rings. The van der Waals surface area contributed by atoms with Gasteiger partial charge in [-0.15, -0.1) is 5.10 Å². The minimum atomic E-state index is -4.01. The zero-order valence-corrected chi connectivity index (χ0v) is 17.3. The number of sulfonamides is 1. The number of halogens is 1. The molecule has 1 heterocycles. The predicted molar refractivity (Wildman–Crippen MR) is 105 cm³/mol.